The summed E-state index contributed by atoms with van der Waals surface area (Å²) in [5.41, 5.74) is 12.8. The van der Waals surface area contributed by atoms with Gasteiger partial charge in [-0.2, -0.15) is 0 Å². The quantitative estimate of drug-likeness (QED) is 0.162. The molecule has 0 atom stereocenters. The van der Waals surface area contributed by atoms with E-state index in [-0.39, 0.29) is 0 Å². The van der Waals surface area contributed by atoms with E-state index in [0.717, 1.165) is 50.5 Å². The number of rotatable bonds is 7. The van der Waals surface area contributed by atoms with Gasteiger partial charge in [0.1, 0.15) is 0 Å². The van der Waals surface area contributed by atoms with Gasteiger partial charge in [0.05, 0.1) is 16.9 Å². The topological polar surface area (TPSA) is 29.0 Å². The number of hydrogen-bond acceptors (Lipinski definition) is 3. The largest absolute Gasteiger partial charge is 0.310 e. The molecule has 0 saturated carbocycles. The third-order valence-corrected chi connectivity index (χ3v) is 11.4. The Labute approximate surface area is 343 Å². The van der Waals surface area contributed by atoms with Crippen molar-refractivity contribution in [2.24, 2.45) is 0 Å². The molecule has 0 spiro atoms. The minimum atomic E-state index is 0.885. The zero-order valence-electron chi connectivity index (χ0n) is 32.2. The maximum Gasteiger partial charge on any atom is 0.0972 e. The molecule has 2 heterocycles. The number of pyridine rings is 2. The molecule has 59 heavy (non-hydrogen) atoms. The molecule has 9 aromatic carbocycles. The predicted molar refractivity (Wildman–Crippen MR) is 248 cm³/mol. The summed E-state index contributed by atoms with van der Waals surface area (Å²) in [6.07, 6.45) is 1.84. The van der Waals surface area contributed by atoms with E-state index in [4.69, 9.17) is 9.97 Å². The summed E-state index contributed by atoms with van der Waals surface area (Å²) < 4.78 is 0. The average molecular weight is 752 g/mol. The van der Waals surface area contributed by atoms with Gasteiger partial charge in [-0.1, -0.05) is 152 Å². The number of aromatic nitrogens is 2. The lowest BCUT2D eigenvalue weighted by Gasteiger charge is -2.26. The second-order valence-corrected chi connectivity index (χ2v) is 15.1. The Morgan fingerprint density at radius 3 is 1.39 bits per heavy atom. The van der Waals surface area contributed by atoms with Crippen molar-refractivity contribution in [1.29, 1.82) is 0 Å². The second-order valence-electron chi connectivity index (χ2n) is 15.1. The Balaban J connectivity index is 0.987. The Hall–Kier alpha value is -7.88. The van der Waals surface area contributed by atoms with Gasteiger partial charge in [0, 0.05) is 39.8 Å². The fraction of sp³-hybridized carbons (Fsp3) is 0. The van der Waals surface area contributed by atoms with Crippen LogP contribution in [0.2, 0.25) is 0 Å². The van der Waals surface area contributed by atoms with Crippen LogP contribution in [-0.2, 0) is 0 Å². The monoisotopic (exact) mass is 751 g/mol. The molecule has 2 aromatic heterocycles. The molecule has 0 saturated heterocycles. The summed E-state index contributed by atoms with van der Waals surface area (Å²) in [6, 6.07) is 78.3. The van der Waals surface area contributed by atoms with Gasteiger partial charge in [-0.25, -0.2) is 4.98 Å². The van der Waals surface area contributed by atoms with Crippen LogP contribution in [0.15, 0.2) is 225 Å². The van der Waals surface area contributed by atoms with Gasteiger partial charge < -0.3 is 4.90 Å². The Morgan fingerprint density at radius 1 is 0.288 bits per heavy atom. The number of nitrogens with zero attached hydrogens (tertiary/aromatic N) is 3. The summed E-state index contributed by atoms with van der Waals surface area (Å²) in [7, 11) is 0. The standard InChI is InChI=1S/C56H37N3/c1-2-11-42(12-3-1)56-55-50(15-8-32-57-55)37-54(58-56)41-24-29-52(30-25-41)59(51-27-22-40(23-28-51)45-18-16-38-9-4-6-13-43(38)33-45)53-31-26-48-35-47(20-21-49(48)36-53)46-19-17-39-10-5-7-14-44(39)34-46/h1-37H. The van der Waals surface area contributed by atoms with Crippen LogP contribution < -0.4 is 4.90 Å². The van der Waals surface area contributed by atoms with Gasteiger partial charge in [-0.3, -0.25) is 4.98 Å². The van der Waals surface area contributed by atoms with Crippen molar-refractivity contribution >= 4 is 60.3 Å². The number of benzene rings is 9. The first-order chi connectivity index (χ1) is 29.2. The van der Waals surface area contributed by atoms with Gasteiger partial charge in [0.2, 0.25) is 0 Å². The summed E-state index contributed by atoms with van der Waals surface area (Å²) in [5, 5.41) is 8.44. The van der Waals surface area contributed by atoms with Crippen LogP contribution >= 0.6 is 0 Å². The van der Waals surface area contributed by atoms with Gasteiger partial charge in [-0.15, -0.1) is 0 Å². The lowest BCUT2D eigenvalue weighted by molar-refractivity contribution is 1.28. The van der Waals surface area contributed by atoms with Crippen molar-refractivity contribution < 1.29 is 0 Å². The van der Waals surface area contributed by atoms with Crippen LogP contribution in [0.5, 0.6) is 0 Å². The van der Waals surface area contributed by atoms with Gasteiger partial charge >= 0.3 is 0 Å². The normalized spacial score (nSPS) is 11.4. The molecule has 3 heteroatoms. The van der Waals surface area contributed by atoms with E-state index < -0.39 is 0 Å². The van der Waals surface area contributed by atoms with Gasteiger partial charge in [-0.05, 0) is 121 Å². The number of fused-ring (bicyclic) bond motifs is 4. The molecule has 0 fully saturated rings. The number of anilines is 3. The smallest absolute Gasteiger partial charge is 0.0972 e. The molecular weight excluding hydrogens is 715 g/mol. The van der Waals surface area contributed by atoms with Crippen molar-refractivity contribution in [3.8, 4) is 44.8 Å². The molecule has 11 aromatic rings. The zero-order chi connectivity index (χ0) is 39.1. The Kier molecular flexibility index (Phi) is 8.49. The minimum Gasteiger partial charge on any atom is -0.310 e. The van der Waals surface area contributed by atoms with Crippen molar-refractivity contribution in [2.45, 2.75) is 0 Å². The molecule has 3 nitrogen and oxygen atoms in total. The summed E-state index contributed by atoms with van der Waals surface area (Å²) >= 11 is 0. The molecule has 0 N–H and O–H groups in total. The van der Waals surface area contributed by atoms with Crippen LogP contribution in [0.1, 0.15) is 0 Å². The van der Waals surface area contributed by atoms with Crippen molar-refractivity contribution in [2.75, 3.05) is 4.90 Å². The lowest BCUT2D eigenvalue weighted by Crippen LogP contribution is -2.10. The first-order valence-electron chi connectivity index (χ1n) is 20.0. The molecule has 0 unspecified atom stereocenters. The fourth-order valence-corrected chi connectivity index (χ4v) is 8.35. The van der Waals surface area contributed by atoms with Crippen molar-refractivity contribution in [3.63, 3.8) is 0 Å². The molecule has 276 valence electrons. The molecule has 0 amide bonds. The highest BCUT2D eigenvalue weighted by Crippen LogP contribution is 2.39. The summed E-state index contributed by atoms with van der Waals surface area (Å²) in [5.74, 6) is 0. The minimum absolute atomic E-state index is 0.885. The van der Waals surface area contributed by atoms with Crippen LogP contribution in [-0.4, -0.2) is 9.97 Å². The van der Waals surface area contributed by atoms with E-state index in [1.807, 2.05) is 30.5 Å². The fourth-order valence-electron chi connectivity index (χ4n) is 8.35. The maximum absolute atomic E-state index is 5.19. The SMILES string of the molecule is c1ccc(-c2nc(-c3ccc(N(c4ccc(-c5ccc6ccccc6c5)cc4)c4ccc5cc(-c6ccc7ccccc7c6)ccc5c4)cc3)cc3cccnc23)cc1. The Morgan fingerprint density at radius 2 is 0.746 bits per heavy atom. The van der Waals surface area contributed by atoms with Crippen LogP contribution in [0, 0.1) is 0 Å². The van der Waals surface area contributed by atoms with E-state index in [9.17, 15) is 0 Å². The molecular formula is C56H37N3. The lowest BCUT2D eigenvalue weighted by atomic mass is 9.98. The van der Waals surface area contributed by atoms with E-state index in [1.165, 1.54) is 54.6 Å². The molecule has 0 aliphatic rings. The average Bonchev–Trinajstić information content (AvgIpc) is 3.31. The molecule has 11 rings (SSSR count). The third kappa shape index (κ3) is 6.55. The van der Waals surface area contributed by atoms with E-state index in [1.54, 1.807) is 0 Å². The van der Waals surface area contributed by atoms with Crippen molar-refractivity contribution in [3.05, 3.63) is 225 Å². The highest BCUT2D eigenvalue weighted by Gasteiger charge is 2.16. The van der Waals surface area contributed by atoms with Gasteiger partial charge in [0.15, 0.2) is 0 Å². The van der Waals surface area contributed by atoms with Crippen LogP contribution in [0.3, 0.4) is 0 Å². The van der Waals surface area contributed by atoms with Crippen LogP contribution in [0.4, 0.5) is 17.1 Å². The molecule has 0 radical (unpaired) electrons. The third-order valence-electron chi connectivity index (χ3n) is 11.4. The predicted octanol–water partition coefficient (Wildman–Crippen LogP) is 15.2. The van der Waals surface area contributed by atoms with E-state index in [2.05, 4.69) is 199 Å². The maximum atomic E-state index is 5.19. The highest BCUT2D eigenvalue weighted by atomic mass is 15.1. The summed E-state index contributed by atoms with van der Waals surface area (Å²) in [4.78, 5) is 12.3. The first kappa shape index (κ1) is 34.4. The van der Waals surface area contributed by atoms with E-state index in [0.29, 0.717) is 0 Å². The molecule has 0 aliphatic carbocycles. The molecule has 0 bridgehead atoms. The summed E-state index contributed by atoms with van der Waals surface area (Å²) in [6.45, 7) is 0. The van der Waals surface area contributed by atoms with E-state index >= 15 is 0 Å². The van der Waals surface area contributed by atoms with Crippen LogP contribution in [0.25, 0.3) is 88.0 Å². The second kappa shape index (κ2) is 14.6. The zero-order valence-corrected chi connectivity index (χ0v) is 32.2. The number of hydrogen-bond donors (Lipinski definition) is 0. The Bertz CT molecular complexity index is 3320. The van der Waals surface area contributed by atoms with Crippen molar-refractivity contribution in [1.82, 2.24) is 9.97 Å². The highest BCUT2D eigenvalue weighted by molar-refractivity contribution is 5.96. The molecule has 0 aliphatic heterocycles. The van der Waals surface area contributed by atoms with Gasteiger partial charge in [0.25, 0.3) is 0 Å². The first-order valence-corrected chi connectivity index (χ1v) is 20.0.